The summed E-state index contributed by atoms with van der Waals surface area (Å²) in [5.74, 6) is 0. The van der Waals surface area contributed by atoms with E-state index in [4.69, 9.17) is 22.0 Å². The van der Waals surface area contributed by atoms with Crippen LogP contribution in [0.15, 0.2) is 0 Å². The third kappa shape index (κ3) is 4.05. The van der Waals surface area contributed by atoms with Crippen molar-refractivity contribution in [3.05, 3.63) is 0 Å². The first-order chi connectivity index (χ1) is 4.04. The zero-order valence-electron chi connectivity index (χ0n) is 4.91. The van der Waals surface area contributed by atoms with Crippen molar-refractivity contribution in [3.63, 3.8) is 0 Å². The van der Waals surface area contributed by atoms with Crippen molar-refractivity contribution in [3.8, 4) is 0 Å². The fourth-order valence-electron chi connectivity index (χ4n) is 0.310. The third-order valence-corrected chi connectivity index (χ3v) is 0.915. The predicted octanol–water partition coefficient (Wildman–Crippen LogP) is 0.501. The van der Waals surface area contributed by atoms with Crippen LogP contribution in [-0.4, -0.2) is 33.4 Å². The van der Waals surface area contributed by atoms with Crippen molar-refractivity contribution >= 4 is 17.9 Å². The van der Waals surface area contributed by atoms with Gasteiger partial charge in [0.25, 0.3) is 0 Å². The van der Waals surface area contributed by atoms with Gasteiger partial charge in [0.1, 0.15) is 0 Å². The van der Waals surface area contributed by atoms with Crippen LogP contribution in [0.3, 0.4) is 0 Å². The lowest BCUT2D eigenvalue weighted by atomic mass is 10.4. The van der Waals surface area contributed by atoms with E-state index in [2.05, 4.69) is 0 Å². The van der Waals surface area contributed by atoms with E-state index in [9.17, 15) is 4.79 Å². The smallest absolute Gasteiger partial charge is 0.422 e. The van der Waals surface area contributed by atoms with E-state index in [1.807, 2.05) is 0 Å². The average molecular weight is 154 g/mol. The molecular formula is C4H8ClNO3. The van der Waals surface area contributed by atoms with Crippen molar-refractivity contribution in [1.29, 1.82) is 0 Å². The van der Waals surface area contributed by atoms with Gasteiger partial charge in [-0.15, -0.1) is 0 Å². The first-order valence-corrected chi connectivity index (χ1v) is 2.72. The molecule has 0 aromatic heterocycles. The minimum Gasteiger partial charge on any atom is -0.464 e. The Labute approximate surface area is 57.8 Å². The van der Waals surface area contributed by atoms with E-state index >= 15 is 0 Å². The van der Waals surface area contributed by atoms with E-state index < -0.39 is 12.2 Å². The van der Waals surface area contributed by atoms with Crippen LogP contribution in [0.5, 0.6) is 0 Å². The summed E-state index contributed by atoms with van der Waals surface area (Å²) in [5, 5.41) is 16.7. The van der Waals surface area contributed by atoms with Gasteiger partial charge in [-0.05, 0) is 6.92 Å². The number of rotatable bonds is 2. The summed E-state index contributed by atoms with van der Waals surface area (Å²) in [4.78, 5) is 9.92. The Hall–Kier alpha value is -0.480. The van der Waals surface area contributed by atoms with E-state index in [0.717, 1.165) is 0 Å². The molecule has 0 bridgehead atoms. The van der Waals surface area contributed by atoms with E-state index in [0.29, 0.717) is 4.42 Å². The highest BCUT2D eigenvalue weighted by Gasteiger charge is 2.09. The average Bonchev–Trinajstić information content (AvgIpc) is 1.63. The minimum atomic E-state index is -1.25. The van der Waals surface area contributed by atoms with Gasteiger partial charge in [0.15, 0.2) is 0 Å². The van der Waals surface area contributed by atoms with Crippen LogP contribution in [0.1, 0.15) is 6.92 Å². The second kappa shape index (κ2) is 3.53. The molecule has 4 nitrogen and oxygen atoms in total. The lowest BCUT2D eigenvalue weighted by Crippen LogP contribution is -2.27. The van der Waals surface area contributed by atoms with E-state index in [1.54, 1.807) is 0 Å². The number of hydrogen-bond acceptors (Lipinski definition) is 2. The van der Waals surface area contributed by atoms with Gasteiger partial charge in [-0.3, -0.25) is 0 Å². The zero-order chi connectivity index (χ0) is 7.44. The molecule has 1 amide bonds. The molecule has 9 heavy (non-hydrogen) atoms. The van der Waals surface area contributed by atoms with Crippen molar-refractivity contribution < 1.29 is 15.0 Å². The number of nitrogens with zero attached hydrogens (tertiary/aromatic N) is 1. The van der Waals surface area contributed by atoms with Crippen LogP contribution >= 0.6 is 11.8 Å². The molecule has 0 unspecified atom stereocenters. The molecule has 0 radical (unpaired) electrons. The molecule has 0 fully saturated rings. The summed E-state index contributed by atoms with van der Waals surface area (Å²) < 4.78 is 0.505. The maximum atomic E-state index is 9.92. The summed E-state index contributed by atoms with van der Waals surface area (Å²) >= 11 is 5.08. The quantitative estimate of drug-likeness (QED) is 0.568. The topological polar surface area (TPSA) is 60.8 Å². The van der Waals surface area contributed by atoms with E-state index in [1.165, 1.54) is 6.92 Å². The first kappa shape index (κ1) is 8.52. The fourth-order valence-corrected chi connectivity index (χ4v) is 0.510. The molecule has 54 valence electrons. The van der Waals surface area contributed by atoms with Gasteiger partial charge < -0.3 is 10.2 Å². The Balaban J connectivity index is 3.50. The van der Waals surface area contributed by atoms with Gasteiger partial charge in [-0.1, -0.05) is 0 Å². The Morgan fingerprint density at radius 1 is 1.89 bits per heavy atom. The maximum Gasteiger partial charge on any atom is 0.422 e. The number of hydrogen-bond donors (Lipinski definition) is 2. The molecule has 0 aliphatic carbocycles. The highest BCUT2D eigenvalue weighted by atomic mass is 35.5. The van der Waals surface area contributed by atoms with Gasteiger partial charge in [0, 0.05) is 11.8 Å². The number of halogens is 1. The van der Waals surface area contributed by atoms with Crippen molar-refractivity contribution in [1.82, 2.24) is 4.42 Å². The van der Waals surface area contributed by atoms with Crippen molar-refractivity contribution in [2.75, 3.05) is 6.54 Å². The second-order valence-electron chi connectivity index (χ2n) is 1.68. The number of amides is 1. The number of carbonyl (C=O) groups is 1. The van der Waals surface area contributed by atoms with Gasteiger partial charge in [0.2, 0.25) is 0 Å². The second-order valence-corrected chi connectivity index (χ2v) is 2.08. The molecule has 0 rings (SSSR count). The summed E-state index contributed by atoms with van der Waals surface area (Å²) in [6.07, 6.45) is -1.98. The highest BCUT2D eigenvalue weighted by molar-refractivity contribution is 6.19. The predicted molar refractivity (Wildman–Crippen MR) is 32.3 cm³/mol. The molecule has 0 spiro atoms. The summed E-state index contributed by atoms with van der Waals surface area (Å²) in [5.41, 5.74) is 0. The van der Waals surface area contributed by atoms with Gasteiger partial charge >= 0.3 is 6.09 Å². The summed E-state index contributed by atoms with van der Waals surface area (Å²) in [7, 11) is 0. The zero-order valence-corrected chi connectivity index (χ0v) is 5.67. The first-order valence-electron chi connectivity index (χ1n) is 2.38. The van der Waals surface area contributed by atoms with Gasteiger partial charge in [-0.25, -0.2) is 9.21 Å². The van der Waals surface area contributed by atoms with E-state index in [-0.39, 0.29) is 6.54 Å². The molecule has 0 aromatic rings. The maximum absolute atomic E-state index is 9.92. The lowest BCUT2D eigenvalue weighted by molar-refractivity contribution is 0.138. The SMILES string of the molecule is C[C@H](O)CN(Cl)C(=O)O. The standard InChI is InChI=1S/C4H8ClNO3/c1-3(7)2-6(5)4(8)9/h3,7H,2H2,1H3,(H,8,9)/t3-/m0/s1. The highest BCUT2D eigenvalue weighted by Crippen LogP contribution is 1.95. The Bertz CT molecular complexity index is 106. The molecule has 0 saturated heterocycles. The minimum absolute atomic E-state index is 0.0725. The number of carboxylic acid groups (broad SMARTS) is 1. The molecule has 5 heteroatoms. The van der Waals surface area contributed by atoms with Gasteiger partial charge in [0.05, 0.1) is 12.6 Å². The summed E-state index contributed by atoms with van der Waals surface area (Å²) in [6.45, 7) is 1.38. The molecular weight excluding hydrogens is 146 g/mol. The molecule has 0 aliphatic rings. The fraction of sp³-hybridized carbons (Fsp3) is 0.750. The normalized spacial score (nSPS) is 12.8. The van der Waals surface area contributed by atoms with Crippen LogP contribution in [0.2, 0.25) is 0 Å². The van der Waals surface area contributed by atoms with Crippen LogP contribution in [0.4, 0.5) is 4.79 Å². The third-order valence-electron chi connectivity index (χ3n) is 0.632. The Morgan fingerprint density at radius 2 is 2.33 bits per heavy atom. The lowest BCUT2D eigenvalue weighted by Gasteiger charge is -2.10. The number of aliphatic hydroxyl groups excluding tert-OH is 1. The molecule has 1 atom stereocenters. The van der Waals surface area contributed by atoms with Crippen LogP contribution in [0.25, 0.3) is 0 Å². The molecule has 0 heterocycles. The largest absolute Gasteiger partial charge is 0.464 e. The number of aliphatic hydroxyl groups is 1. The van der Waals surface area contributed by atoms with Crippen molar-refractivity contribution in [2.45, 2.75) is 13.0 Å². The molecule has 0 aromatic carbocycles. The van der Waals surface area contributed by atoms with Crippen molar-refractivity contribution in [2.24, 2.45) is 0 Å². The Morgan fingerprint density at radius 3 is 2.44 bits per heavy atom. The van der Waals surface area contributed by atoms with Crippen LogP contribution in [-0.2, 0) is 0 Å². The molecule has 0 aliphatic heterocycles. The molecule has 2 N–H and O–H groups in total. The summed E-state index contributed by atoms with van der Waals surface area (Å²) in [6, 6.07) is 0. The monoisotopic (exact) mass is 153 g/mol. The van der Waals surface area contributed by atoms with Crippen LogP contribution < -0.4 is 0 Å². The Kier molecular flexibility index (Phi) is 3.34. The molecule has 0 saturated carbocycles. The van der Waals surface area contributed by atoms with Crippen LogP contribution in [0, 0.1) is 0 Å². The van der Waals surface area contributed by atoms with Gasteiger partial charge in [-0.2, -0.15) is 0 Å².